The highest BCUT2D eigenvalue weighted by Crippen LogP contribution is 2.08. The second kappa shape index (κ2) is 5.56. The monoisotopic (exact) mass is 276 g/mol. The van der Waals surface area contributed by atoms with Crippen molar-refractivity contribution in [1.29, 1.82) is 0 Å². The van der Waals surface area contributed by atoms with Crippen LogP contribution in [-0.4, -0.2) is 26.7 Å². The number of rotatable bonds is 3. The highest BCUT2D eigenvalue weighted by molar-refractivity contribution is 6.58. The Bertz CT molecular complexity index is 701. The lowest BCUT2D eigenvalue weighted by Crippen LogP contribution is -2.31. The molecule has 0 aliphatic carbocycles. The molecule has 0 saturated heterocycles. The Morgan fingerprint density at radius 2 is 2.00 bits per heavy atom. The highest BCUT2D eigenvalue weighted by Gasteiger charge is 2.14. The average molecular weight is 276 g/mol. The van der Waals surface area contributed by atoms with Crippen molar-refractivity contribution in [3.8, 4) is 0 Å². The standard InChI is InChI=1S/C13H14BFN2O3/c1-8-5-9(2)17(13(18)16-8)7-10-3-4-11(14(19)20)6-12(10)15/h3-6,19-20H,7H2,1-2H3. The Morgan fingerprint density at radius 3 is 2.55 bits per heavy atom. The van der Waals surface area contributed by atoms with Crippen LogP contribution in [0.5, 0.6) is 0 Å². The van der Waals surface area contributed by atoms with Crippen LogP contribution in [0.25, 0.3) is 0 Å². The number of benzene rings is 1. The lowest BCUT2D eigenvalue weighted by molar-refractivity contribution is 0.425. The first kappa shape index (κ1) is 14.4. The maximum atomic E-state index is 13.9. The molecule has 0 unspecified atom stereocenters. The minimum absolute atomic E-state index is 0.0472. The molecule has 7 heteroatoms. The average Bonchev–Trinajstić information content (AvgIpc) is 2.34. The van der Waals surface area contributed by atoms with E-state index in [2.05, 4.69) is 4.98 Å². The van der Waals surface area contributed by atoms with Crippen molar-refractivity contribution < 1.29 is 14.4 Å². The topological polar surface area (TPSA) is 75.3 Å². The summed E-state index contributed by atoms with van der Waals surface area (Å²) in [5.74, 6) is -0.595. The van der Waals surface area contributed by atoms with Gasteiger partial charge in [0.05, 0.1) is 6.54 Å². The molecule has 1 aromatic heterocycles. The Labute approximate surface area is 115 Å². The number of aromatic nitrogens is 2. The zero-order valence-corrected chi connectivity index (χ0v) is 11.2. The van der Waals surface area contributed by atoms with E-state index in [0.717, 1.165) is 6.07 Å². The summed E-state index contributed by atoms with van der Waals surface area (Å²) >= 11 is 0. The summed E-state index contributed by atoms with van der Waals surface area (Å²) in [4.78, 5) is 15.6. The predicted molar refractivity (Wildman–Crippen MR) is 73.3 cm³/mol. The van der Waals surface area contributed by atoms with Crippen molar-refractivity contribution in [3.05, 3.63) is 57.5 Å². The molecule has 104 valence electrons. The van der Waals surface area contributed by atoms with Gasteiger partial charge in [0.1, 0.15) is 5.82 Å². The summed E-state index contributed by atoms with van der Waals surface area (Å²) in [5, 5.41) is 17.9. The minimum atomic E-state index is -1.72. The van der Waals surface area contributed by atoms with Gasteiger partial charge in [-0.2, -0.15) is 4.98 Å². The largest absolute Gasteiger partial charge is 0.488 e. The molecule has 0 aliphatic heterocycles. The molecule has 2 aromatic rings. The van der Waals surface area contributed by atoms with Crippen LogP contribution in [-0.2, 0) is 6.54 Å². The number of nitrogens with zero attached hydrogens (tertiary/aromatic N) is 2. The van der Waals surface area contributed by atoms with Gasteiger partial charge in [-0.15, -0.1) is 0 Å². The third-order valence-corrected chi connectivity index (χ3v) is 3.05. The van der Waals surface area contributed by atoms with E-state index in [1.54, 1.807) is 19.9 Å². The smallest absolute Gasteiger partial charge is 0.423 e. The maximum absolute atomic E-state index is 13.9. The summed E-state index contributed by atoms with van der Waals surface area (Å²) in [7, 11) is -1.72. The van der Waals surface area contributed by atoms with Crippen molar-refractivity contribution in [1.82, 2.24) is 9.55 Å². The quantitative estimate of drug-likeness (QED) is 0.756. The van der Waals surface area contributed by atoms with E-state index in [-0.39, 0.29) is 17.6 Å². The number of aryl methyl sites for hydroxylation is 2. The third kappa shape index (κ3) is 2.94. The first-order chi connectivity index (χ1) is 9.38. The summed E-state index contributed by atoms with van der Waals surface area (Å²) < 4.78 is 15.2. The fourth-order valence-corrected chi connectivity index (χ4v) is 1.99. The molecule has 0 amide bonds. The summed E-state index contributed by atoms with van der Waals surface area (Å²) in [5.41, 5.74) is 1.21. The van der Waals surface area contributed by atoms with Gasteiger partial charge >= 0.3 is 12.8 Å². The summed E-state index contributed by atoms with van der Waals surface area (Å²) in [6.07, 6.45) is 0. The van der Waals surface area contributed by atoms with Crippen LogP contribution >= 0.6 is 0 Å². The van der Waals surface area contributed by atoms with Crippen LogP contribution in [0, 0.1) is 19.7 Å². The van der Waals surface area contributed by atoms with E-state index < -0.39 is 18.6 Å². The van der Waals surface area contributed by atoms with E-state index in [1.807, 2.05) is 0 Å². The van der Waals surface area contributed by atoms with Crippen molar-refractivity contribution in [2.45, 2.75) is 20.4 Å². The normalized spacial score (nSPS) is 10.7. The predicted octanol–water partition coefficient (Wildman–Crippen LogP) is -0.273. The van der Waals surface area contributed by atoms with Gasteiger partial charge in [0, 0.05) is 17.0 Å². The zero-order chi connectivity index (χ0) is 14.9. The first-order valence-electron chi connectivity index (χ1n) is 6.08. The van der Waals surface area contributed by atoms with Crippen LogP contribution in [0.4, 0.5) is 4.39 Å². The molecule has 20 heavy (non-hydrogen) atoms. The van der Waals surface area contributed by atoms with Gasteiger partial charge in [-0.25, -0.2) is 9.18 Å². The van der Waals surface area contributed by atoms with Crippen molar-refractivity contribution >= 4 is 12.6 Å². The van der Waals surface area contributed by atoms with Crippen LogP contribution < -0.4 is 11.2 Å². The molecule has 0 fully saturated rings. The minimum Gasteiger partial charge on any atom is -0.423 e. The summed E-state index contributed by atoms with van der Waals surface area (Å²) in [6, 6.07) is 5.62. The molecule has 2 rings (SSSR count). The van der Waals surface area contributed by atoms with E-state index >= 15 is 0 Å². The molecule has 0 spiro atoms. The van der Waals surface area contributed by atoms with Gasteiger partial charge in [0.2, 0.25) is 0 Å². The Kier molecular flexibility index (Phi) is 4.01. The fourth-order valence-electron chi connectivity index (χ4n) is 1.99. The third-order valence-electron chi connectivity index (χ3n) is 3.05. The molecule has 0 saturated carbocycles. The van der Waals surface area contributed by atoms with E-state index in [9.17, 15) is 9.18 Å². The maximum Gasteiger partial charge on any atom is 0.488 e. The van der Waals surface area contributed by atoms with E-state index in [1.165, 1.54) is 16.7 Å². The fraction of sp³-hybridized carbons (Fsp3) is 0.231. The molecule has 0 radical (unpaired) electrons. The van der Waals surface area contributed by atoms with Crippen LogP contribution in [0.3, 0.4) is 0 Å². The van der Waals surface area contributed by atoms with Crippen LogP contribution in [0.15, 0.2) is 29.1 Å². The molecule has 1 aromatic carbocycles. The second-order valence-corrected chi connectivity index (χ2v) is 4.63. The van der Waals surface area contributed by atoms with Gasteiger partial charge in [-0.05, 0) is 31.4 Å². The van der Waals surface area contributed by atoms with Gasteiger partial charge in [-0.1, -0.05) is 12.1 Å². The first-order valence-corrected chi connectivity index (χ1v) is 6.08. The van der Waals surface area contributed by atoms with Crippen molar-refractivity contribution in [2.24, 2.45) is 0 Å². The molecule has 0 aliphatic rings. The molecular weight excluding hydrogens is 262 g/mol. The van der Waals surface area contributed by atoms with Gasteiger partial charge in [0.25, 0.3) is 0 Å². The van der Waals surface area contributed by atoms with Gasteiger partial charge in [0.15, 0.2) is 0 Å². The lowest BCUT2D eigenvalue weighted by Gasteiger charge is -2.11. The summed E-state index contributed by atoms with van der Waals surface area (Å²) in [6.45, 7) is 3.52. The lowest BCUT2D eigenvalue weighted by atomic mass is 9.80. The Balaban J connectivity index is 2.38. The molecule has 0 bridgehead atoms. The Hall–Kier alpha value is -1.99. The molecular formula is C13H14BFN2O3. The van der Waals surface area contributed by atoms with Crippen molar-refractivity contribution in [3.63, 3.8) is 0 Å². The van der Waals surface area contributed by atoms with Gasteiger partial charge in [-0.3, -0.25) is 4.57 Å². The molecule has 2 N–H and O–H groups in total. The highest BCUT2D eigenvalue weighted by atomic mass is 19.1. The van der Waals surface area contributed by atoms with Crippen molar-refractivity contribution in [2.75, 3.05) is 0 Å². The second-order valence-electron chi connectivity index (χ2n) is 4.63. The number of halogens is 1. The number of hydrogen-bond donors (Lipinski definition) is 2. The zero-order valence-electron chi connectivity index (χ0n) is 11.2. The van der Waals surface area contributed by atoms with E-state index in [0.29, 0.717) is 11.4 Å². The van der Waals surface area contributed by atoms with Crippen LogP contribution in [0.1, 0.15) is 17.0 Å². The number of hydrogen-bond acceptors (Lipinski definition) is 4. The molecule has 1 heterocycles. The van der Waals surface area contributed by atoms with Crippen LogP contribution in [0.2, 0.25) is 0 Å². The Morgan fingerprint density at radius 1 is 1.30 bits per heavy atom. The SMILES string of the molecule is Cc1cc(C)n(Cc2ccc(B(O)O)cc2F)c(=O)n1. The van der Waals surface area contributed by atoms with E-state index in [4.69, 9.17) is 10.0 Å². The molecule has 5 nitrogen and oxygen atoms in total. The van der Waals surface area contributed by atoms with Gasteiger partial charge < -0.3 is 10.0 Å². The molecule has 0 atom stereocenters.